The van der Waals surface area contributed by atoms with Gasteiger partial charge in [-0.2, -0.15) is 0 Å². The summed E-state index contributed by atoms with van der Waals surface area (Å²) < 4.78 is 0. The highest BCUT2D eigenvalue weighted by Gasteiger charge is 2.35. The highest BCUT2D eigenvalue weighted by atomic mass is 15.2. The van der Waals surface area contributed by atoms with Gasteiger partial charge in [-0.25, -0.2) is 0 Å². The highest BCUT2D eigenvalue weighted by Crippen LogP contribution is 2.39. The van der Waals surface area contributed by atoms with E-state index >= 15 is 0 Å². The van der Waals surface area contributed by atoms with E-state index in [1.54, 1.807) is 5.56 Å². The van der Waals surface area contributed by atoms with Gasteiger partial charge in [-0.3, -0.25) is 4.90 Å². The first-order valence-corrected chi connectivity index (χ1v) is 8.07. The summed E-state index contributed by atoms with van der Waals surface area (Å²) in [5.74, 6) is 0.765. The van der Waals surface area contributed by atoms with Gasteiger partial charge in [0.2, 0.25) is 0 Å². The number of likely N-dealkylation sites (tertiary alicyclic amines) is 1. The molecule has 1 saturated heterocycles. The molecular formula is C18H28N2. The third kappa shape index (κ3) is 2.77. The van der Waals surface area contributed by atoms with Crippen molar-refractivity contribution >= 4 is 0 Å². The topological polar surface area (TPSA) is 15.3 Å². The van der Waals surface area contributed by atoms with E-state index in [-0.39, 0.29) is 0 Å². The number of nitrogens with zero attached hydrogens (tertiary/aromatic N) is 1. The molecule has 2 fully saturated rings. The fraction of sp³-hybridized carbons (Fsp3) is 0.667. The Hall–Kier alpha value is -0.860. The molecule has 2 aliphatic rings. The fourth-order valence-corrected chi connectivity index (χ4v) is 3.96. The van der Waals surface area contributed by atoms with Gasteiger partial charge in [0.25, 0.3) is 0 Å². The van der Waals surface area contributed by atoms with Gasteiger partial charge in [-0.15, -0.1) is 0 Å². The number of benzene rings is 1. The maximum Gasteiger partial charge on any atom is 0.0391 e. The van der Waals surface area contributed by atoms with Crippen molar-refractivity contribution in [1.82, 2.24) is 10.2 Å². The molecule has 1 aromatic rings. The first-order chi connectivity index (χ1) is 9.56. The first kappa shape index (κ1) is 14.1. The molecule has 0 spiro atoms. The van der Waals surface area contributed by atoms with Gasteiger partial charge in [0.1, 0.15) is 0 Å². The van der Waals surface area contributed by atoms with E-state index in [2.05, 4.69) is 50.2 Å². The molecule has 1 saturated carbocycles. The Morgan fingerprint density at radius 3 is 2.35 bits per heavy atom. The summed E-state index contributed by atoms with van der Waals surface area (Å²) in [6, 6.07) is 6.11. The van der Waals surface area contributed by atoms with Crippen molar-refractivity contribution in [1.29, 1.82) is 0 Å². The molecule has 1 aliphatic carbocycles. The molecule has 1 aromatic carbocycles. The van der Waals surface area contributed by atoms with E-state index in [9.17, 15) is 0 Å². The molecule has 110 valence electrons. The van der Waals surface area contributed by atoms with Crippen LogP contribution in [0.4, 0.5) is 0 Å². The summed E-state index contributed by atoms with van der Waals surface area (Å²) >= 11 is 0. The van der Waals surface area contributed by atoms with Crippen molar-refractivity contribution in [3.05, 3.63) is 34.4 Å². The smallest absolute Gasteiger partial charge is 0.0391 e. The van der Waals surface area contributed by atoms with Crippen LogP contribution in [0.5, 0.6) is 0 Å². The molecular weight excluding hydrogens is 244 g/mol. The second-order valence-corrected chi connectivity index (χ2v) is 6.97. The minimum atomic E-state index is 0.599. The summed E-state index contributed by atoms with van der Waals surface area (Å²) in [7, 11) is 2.29. The molecule has 2 nitrogen and oxygen atoms in total. The minimum Gasteiger partial charge on any atom is -0.314 e. The summed E-state index contributed by atoms with van der Waals surface area (Å²) in [5, 5.41) is 3.74. The molecule has 2 atom stereocenters. The molecule has 3 rings (SSSR count). The monoisotopic (exact) mass is 272 g/mol. The van der Waals surface area contributed by atoms with Crippen LogP contribution in [0, 0.1) is 26.7 Å². The lowest BCUT2D eigenvalue weighted by Crippen LogP contribution is -2.30. The van der Waals surface area contributed by atoms with Crippen LogP contribution >= 0.6 is 0 Å². The van der Waals surface area contributed by atoms with E-state index in [0.717, 1.165) is 12.0 Å². The number of hydrogen-bond acceptors (Lipinski definition) is 2. The van der Waals surface area contributed by atoms with E-state index in [0.29, 0.717) is 6.04 Å². The van der Waals surface area contributed by atoms with Crippen LogP contribution < -0.4 is 5.32 Å². The van der Waals surface area contributed by atoms with Crippen LogP contribution in [0.3, 0.4) is 0 Å². The molecule has 2 heteroatoms. The second-order valence-electron chi connectivity index (χ2n) is 6.97. The summed E-state index contributed by atoms with van der Waals surface area (Å²) in [5.41, 5.74) is 5.91. The Morgan fingerprint density at radius 1 is 1.10 bits per heavy atom. The van der Waals surface area contributed by atoms with Crippen LogP contribution in [0.25, 0.3) is 0 Å². The number of hydrogen-bond donors (Lipinski definition) is 1. The molecule has 2 unspecified atom stereocenters. The fourth-order valence-electron chi connectivity index (χ4n) is 3.96. The van der Waals surface area contributed by atoms with Crippen molar-refractivity contribution < 1.29 is 0 Å². The van der Waals surface area contributed by atoms with Crippen LogP contribution in [0.2, 0.25) is 0 Å². The van der Waals surface area contributed by atoms with Crippen molar-refractivity contribution in [3.8, 4) is 0 Å². The third-order valence-electron chi connectivity index (χ3n) is 5.05. The van der Waals surface area contributed by atoms with Gasteiger partial charge in [-0.1, -0.05) is 17.7 Å². The van der Waals surface area contributed by atoms with E-state index in [4.69, 9.17) is 0 Å². The van der Waals surface area contributed by atoms with Crippen molar-refractivity contribution in [2.45, 2.75) is 52.1 Å². The second kappa shape index (κ2) is 5.50. The van der Waals surface area contributed by atoms with E-state index < -0.39 is 0 Å². The molecule has 1 heterocycles. The van der Waals surface area contributed by atoms with Crippen LogP contribution in [-0.4, -0.2) is 31.1 Å². The van der Waals surface area contributed by atoms with Crippen molar-refractivity contribution in [2.24, 2.45) is 5.92 Å². The van der Waals surface area contributed by atoms with E-state index in [1.165, 1.54) is 49.0 Å². The predicted octanol–water partition coefficient (Wildman–Crippen LogP) is 3.36. The van der Waals surface area contributed by atoms with Gasteiger partial charge in [0, 0.05) is 18.6 Å². The lowest BCUT2D eigenvalue weighted by molar-refractivity contribution is 0.270. The van der Waals surface area contributed by atoms with Gasteiger partial charge in [0.15, 0.2) is 0 Å². The van der Waals surface area contributed by atoms with Gasteiger partial charge >= 0.3 is 0 Å². The Morgan fingerprint density at radius 2 is 1.75 bits per heavy atom. The number of nitrogens with one attached hydrogen (secondary N) is 1. The van der Waals surface area contributed by atoms with Crippen LogP contribution in [0.1, 0.15) is 47.6 Å². The summed E-state index contributed by atoms with van der Waals surface area (Å²) in [6.45, 7) is 9.19. The molecule has 0 radical (unpaired) electrons. The zero-order valence-electron chi connectivity index (χ0n) is 13.4. The minimum absolute atomic E-state index is 0.599. The number of rotatable bonds is 4. The van der Waals surface area contributed by atoms with Gasteiger partial charge < -0.3 is 5.32 Å². The van der Waals surface area contributed by atoms with Crippen molar-refractivity contribution in [3.63, 3.8) is 0 Å². The molecule has 0 aromatic heterocycles. The average Bonchev–Trinajstić information content (AvgIpc) is 3.12. The number of aryl methyl sites for hydroxylation is 3. The van der Waals surface area contributed by atoms with Gasteiger partial charge in [-0.05, 0) is 76.2 Å². The third-order valence-corrected chi connectivity index (χ3v) is 5.05. The largest absolute Gasteiger partial charge is 0.314 e. The SMILES string of the molecule is Cc1cc(C)c(C2C(CNC3CC3)CCN2C)c(C)c1. The quantitative estimate of drug-likeness (QED) is 0.904. The lowest BCUT2D eigenvalue weighted by atomic mass is 9.87. The highest BCUT2D eigenvalue weighted by molar-refractivity contribution is 5.40. The van der Waals surface area contributed by atoms with Crippen LogP contribution in [0.15, 0.2) is 12.1 Å². The predicted molar refractivity (Wildman–Crippen MR) is 85.2 cm³/mol. The standard InChI is InChI=1S/C18H28N2/c1-12-9-13(2)17(14(3)10-12)18-15(7-8-20(18)4)11-19-16-5-6-16/h9-10,15-16,18-19H,5-8,11H2,1-4H3. The zero-order valence-corrected chi connectivity index (χ0v) is 13.4. The molecule has 20 heavy (non-hydrogen) atoms. The Balaban J connectivity index is 1.84. The normalized spacial score (nSPS) is 27.2. The summed E-state index contributed by atoms with van der Waals surface area (Å²) in [6.07, 6.45) is 4.10. The van der Waals surface area contributed by atoms with Crippen molar-refractivity contribution in [2.75, 3.05) is 20.1 Å². The Kier molecular flexibility index (Phi) is 3.87. The zero-order chi connectivity index (χ0) is 14.3. The first-order valence-electron chi connectivity index (χ1n) is 8.07. The summed E-state index contributed by atoms with van der Waals surface area (Å²) in [4.78, 5) is 2.56. The lowest BCUT2D eigenvalue weighted by Gasteiger charge is -2.29. The Labute approximate surface area is 123 Å². The van der Waals surface area contributed by atoms with Crippen LogP contribution in [-0.2, 0) is 0 Å². The Bertz CT molecular complexity index is 467. The molecule has 1 N–H and O–H groups in total. The molecule has 1 aliphatic heterocycles. The maximum atomic E-state index is 3.74. The average molecular weight is 272 g/mol. The molecule has 0 bridgehead atoms. The van der Waals surface area contributed by atoms with E-state index in [1.807, 2.05) is 0 Å². The maximum absolute atomic E-state index is 3.74. The molecule has 0 amide bonds. The van der Waals surface area contributed by atoms with Gasteiger partial charge in [0.05, 0.1) is 0 Å².